The smallest absolute Gasteiger partial charge is 0.414 e. The van der Waals surface area contributed by atoms with Gasteiger partial charge >= 0.3 is 6.09 Å². The van der Waals surface area contributed by atoms with Crippen molar-refractivity contribution in [2.45, 2.75) is 19.6 Å². The lowest BCUT2D eigenvalue weighted by atomic mass is 10.1. The fraction of sp³-hybridized carbons (Fsp3) is 0.471. The van der Waals surface area contributed by atoms with E-state index in [1.165, 1.54) is 16.7 Å². The van der Waals surface area contributed by atoms with Crippen molar-refractivity contribution in [1.82, 2.24) is 10.2 Å². The van der Waals surface area contributed by atoms with E-state index in [1.54, 1.807) is 13.1 Å². The van der Waals surface area contributed by atoms with Gasteiger partial charge in [0.2, 0.25) is 12.3 Å². The number of carbonyl (C=O) groups is 3. The second-order valence-corrected chi connectivity index (χ2v) is 6.32. The third kappa shape index (κ3) is 4.69. The second kappa shape index (κ2) is 7.98. The minimum absolute atomic E-state index is 0.163. The summed E-state index contributed by atoms with van der Waals surface area (Å²) in [5.74, 6) is -0.163. The van der Waals surface area contributed by atoms with Crippen LogP contribution in [0.4, 0.5) is 16.2 Å². The molecule has 3 amide bonds. The van der Waals surface area contributed by atoms with Crippen molar-refractivity contribution in [3.8, 4) is 0 Å². The van der Waals surface area contributed by atoms with Crippen LogP contribution in [0, 0.1) is 0 Å². The van der Waals surface area contributed by atoms with Crippen molar-refractivity contribution in [3.63, 3.8) is 0 Å². The van der Waals surface area contributed by atoms with Gasteiger partial charge < -0.3 is 19.9 Å². The number of ether oxygens (including phenoxy) is 1. The van der Waals surface area contributed by atoms with Crippen LogP contribution < -0.4 is 15.1 Å². The molecule has 0 bridgehead atoms. The second-order valence-electron chi connectivity index (χ2n) is 6.32. The Balaban J connectivity index is 2.22. The minimum Gasteiger partial charge on any atom is -0.442 e. The fourth-order valence-electron chi connectivity index (χ4n) is 2.70. The Labute approximate surface area is 147 Å². The van der Waals surface area contributed by atoms with Crippen LogP contribution >= 0.6 is 0 Å². The van der Waals surface area contributed by atoms with Gasteiger partial charge in [-0.1, -0.05) is 0 Å². The van der Waals surface area contributed by atoms with Crippen molar-refractivity contribution >= 4 is 29.8 Å². The predicted octanol–water partition coefficient (Wildman–Crippen LogP) is 0.802. The summed E-state index contributed by atoms with van der Waals surface area (Å²) in [7, 11) is 5.56. The maximum Gasteiger partial charge on any atom is 0.414 e. The number of nitrogens with zero attached hydrogens (tertiary/aromatic N) is 3. The Morgan fingerprint density at radius 2 is 2.12 bits per heavy atom. The summed E-state index contributed by atoms with van der Waals surface area (Å²) in [5, 5.41) is 2.65. The molecule has 2 rings (SSSR count). The van der Waals surface area contributed by atoms with Crippen LogP contribution in [0.25, 0.3) is 0 Å². The molecular weight excluding hydrogens is 324 g/mol. The van der Waals surface area contributed by atoms with Crippen LogP contribution in [0.15, 0.2) is 18.2 Å². The van der Waals surface area contributed by atoms with Crippen molar-refractivity contribution < 1.29 is 19.1 Å². The largest absolute Gasteiger partial charge is 0.442 e. The highest BCUT2D eigenvalue weighted by Crippen LogP contribution is 2.28. The molecule has 136 valence electrons. The first kappa shape index (κ1) is 18.7. The van der Waals surface area contributed by atoms with Crippen molar-refractivity contribution in [2.24, 2.45) is 0 Å². The molecule has 0 spiro atoms. The Morgan fingerprint density at radius 3 is 2.72 bits per heavy atom. The molecule has 1 aliphatic heterocycles. The van der Waals surface area contributed by atoms with E-state index in [1.807, 2.05) is 31.1 Å². The van der Waals surface area contributed by atoms with Crippen molar-refractivity contribution in [1.29, 1.82) is 0 Å². The maximum absolute atomic E-state index is 12.2. The molecule has 1 fully saturated rings. The predicted molar refractivity (Wildman–Crippen MR) is 94.6 cm³/mol. The standard InChI is InChI=1S/C17H24N4O4/c1-12(23)18-8-15-10-21(17(24)25-15)14-5-6-16(20(4)11-22)13(7-14)9-19(2)3/h5-7,11,15H,8-10H2,1-4H3,(H,18,23). The lowest BCUT2D eigenvalue weighted by Gasteiger charge is -2.22. The quantitative estimate of drug-likeness (QED) is 0.737. The first-order chi connectivity index (χ1) is 11.8. The number of hydrogen-bond donors (Lipinski definition) is 1. The molecule has 1 N–H and O–H groups in total. The van der Waals surface area contributed by atoms with E-state index in [0.29, 0.717) is 18.8 Å². The van der Waals surface area contributed by atoms with Crippen molar-refractivity contribution in [3.05, 3.63) is 23.8 Å². The first-order valence-corrected chi connectivity index (χ1v) is 8.00. The highest BCUT2D eigenvalue weighted by Gasteiger charge is 2.32. The molecule has 0 aliphatic carbocycles. The van der Waals surface area contributed by atoms with Crippen molar-refractivity contribution in [2.75, 3.05) is 44.0 Å². The van der Waals surface area contributed by atoms with Crippen LogP contribution in [0.3, 0.4) is 0 Å². The molecule has 0 saturated carbocycles. The van der Waals surface area contributed by atoms with E-state index in [-0.39, 0.29) is 18.6 Å². The Kier molecular flexibility index (Phi) is 5.97. The zero-order valence-electron chi connectivity index (χ0n) is 15.0. The monoisotopic (exact) mass is 348 g/mol. The maximum atomic E-state index is 12.2. The third-order valence-corrected chi connectivity index (χ3v) is 3.85. The third-order valence-electron chi connectivity index (χ3n) is 3.85. The van der Waals surface area contributed by atoms with Crippen LogP contribution in [0.5, 0.6) is 0 Å². The number of amides is 3. The summed E-state index contributed by atoms with van der Waals surface area (Å²) in [6.07, 6.45) is -0.0736. The van der Waals surface area contributed by atoms with Gasteiger partial charge in [0.05, 0.1) is 13.1 Å². The van der Waals surface area contributed by atoms with Gasteiger partial charge in [0, 0.05) is 31.9 Å². The molecule has 1 atom stereocenters. The Morgan fingerprint density at radius 1 is 1.40 bits per heavy atom. The summed E-state index contributed by atoms with van der Waals surface area (Å²) < 4.78 is 5.29. The Bertz CT molecular complexity index is 662. The molecule has 1 aromatic rings. The normalized spacial score (nSPS) is 16.8. The number of benzene rings is 1. The van der Waals surface area contributed by atoms with E-state index in [4.69, 9.17) is 4.74 Å². The highest BCUT2D eigenvalue weighted by atomic mass is 16.6. The van der Waals surface area contributed by atoms with Gasteiger partial charge in [-0.25, -0.2) is 4.79 Å². The van der Waals surface area contributed by atoms with Crippen LogP contribution in [0.1, 0.15) is 12.5 Å². The molecule has 0 radical (unpaired) electrons. The van der Waals surface area contributed by atoms with E-state index in [9.17, 15) is 14.4 Å². The summed E-state index contributed by atoms with van der Waals surface area (Å²) >= 11 is 0. The molecule has 1 aliphatic rings. The van der Waals surface area contributed by atoms with Gasteiger partial charge in [-0.05, 0) is 37.9 Å². The number of anilines is 2. The molecular formula is C17H24N4O4. The van der Waals surface area contributed by atoms with E-state index >= 15 is 0 Å². The zero-order chi connectivity index (χ0) is 18.6. The minimum atomic E-state index is -0.442. The van der Waals surface area contributed by atoms with E-state index in [2.05, 4.69) is 5.32 Å². The number of rotatable bonds is 7. The topological polar surface area (TPSA) is 82.2 Å². The van der Waals surface area contributed by atoms with Crippen LogP contribution in [0.2, 0.25) is 0 Å². The van der Waals surface area contributed by atoms with Gasteiger partial charge in [-0.3, -0.25) is 14.5 Å². The van der Waals surface area contributed by atoms with E-state index < -0.39 is 6.09 Å². The van der Waals surface area contributed by atoms with Gasteiger partial charge in [0.15, 0.2) is 0 Å². The fourth-order valence-corrected chi connectivity index (χ4v) is 2.70. The molecule has 0 aromatic heterocycles. The van der Waals surface area contributed by atoms with E-state index in [0.717, 1.165) is 17.7 Å². The molecule has 1 heterocycles. The summed E-state index contributed by atoms with van der Waals surface area (Å²) in [6, 6.07) is 5.49. The summed E-state index contributed by atoms with van der Waals surface area (Å²) in [5.41, 5.74) is 2.42. The van der Waals surface area contributed by atoms with Gasteiger partial charge in [-0.2, -0.15) is 0 Å². The zero-order valence-corrected chi connectivity index (χ0v) is 15.0. The number of nitrogens with one attached hydrogen (secondary N) is 1. The summed E-state index contributed by atoms with van der Waals surface area (Å²) in [6.45, 7) is 2.70. The molecule has 8 nitrogen and oxygen atoms in total. The average Bonchev–Trinajstić information content (AvgIpc) is 2.92. The lowest BCUT2D eigenvalue weighted by molar-refractivity contribution is -0.119. The number of carbonyl (C=O) groups excluding carboxylic acids is 3. The van der Waals surface area contributed by atoms with Gasteiger partial charge in [0.1, 0.15) is 6.10 Å². The number of hydrogen-bond acceptors (Lipinski definition) is 5. The summed E-state index contributed by atoms with van der Waals surface area (Å²) in [4.78, 5) is 39.3. The lowest BCUT2D eigenvalue weighted by Crippen LogP contribution is -2.33. The number of cyclic esters (lactones) is 1. The van der Waals surface area contributed by atoms with Gasteiger partial charge in [0.25, 0.3) is 0 Å². The van der Waals surface area contributed by atoms with Crippen LogP contribution in [-0.4, -0.2) is 63.6 Å². The molecule has 1 aromatic carbocycles. The Hall–Kier alpha value is -2.61. The molecule has 1 unspecified atom stereocenters. The molecule has 25 heavy (non-hydrogen) atoms. The molecule has 1 saturated heterocycles. The highest BCUT2D eigenvalue weighted by molar-refractivity contribution is 5.91. The van der Waals surface area contributed by atoms with Gasteiger partial charge in [-0.15, -0.1) is 0 Å². The molecule has 8 heteroatoms. The SMILES string of the molecule is CC(=O)NCC1CN(c2ccc(N(C)C=O)c(CN(C)C)c2)C(=O)O1. The first-order valence-electron chi connectivity index (χ1n) is 8.00. The van der Waals surface area contributed by atoms with Crippen LogP contribution in [-0.2, 0) is 20.9 Å². The average molecular weight is 348 g/mol.